The molecule has 1 unspecified atom stereocenters. The number of hydrogen-bond acceptors (Lipinski definition) is 5. The molecule has 32 heavy (non-hydrogen) atoms. The van der Waals surface area contributed by atoms with Gasteiger partial charge in [0.25, 0.3) is 11.8 Å². The molecule has 1 N–H and O–H groups in total. The molecule has 2 aliphatic rings. The average molecular weight is 500 g/mol. The molecule has 4 rings (SSSR count). The molecule has 1 fully saturated rings. The lowest BCUT2D eigenvalue weighted by molar-refractivity contribution is -0.131. The highest BCUT2D eigenvalue weighted by Crippen LogP contribution is 2.35. The van der Waals surface area contributed by atoms with Crippen molar-refractivity contribution in [3.05, 3.63) is 69.7 Å². The van der Waals surface area contributed by atoms with Crippen molar-refractivity contribution in [2.24, 2.45) is 0 Å². The lowest BCUT2D eigenvalue weighted by atomic mass is 9.89. The third-order valence-corrected chi connectivity index (χ3v) is 5.86. The molecular formula is C23H22BrN3O5. The van der Waals surface area contributed by atoms with E-state index in [0.29, 0.717) is 22.6 Å². The third-order valence-electron chi connectivity index (χ3n) is 5.33. The Morgan fingerprint density at radius 2 is 1.75 bits per heavy atom. The number of amides is 5. The maximum Gasteiger partial charge on any atom is 0.425 e. The fraction of sp³-hybridized carbons (Fsp3) is 0.304. The van der Waals surface area contributed by atoms with E-state index < -0.39 is 29.2 Å². The Morgan fingerprint density at radius 1 is 1.09 bits per heavy atom. The van der Waals surface area contributed by atoms with Gasteiger partial charge in [-0.1, -0.05) is 46.3 Å². The molecule has 2 aromatic rings. The summed E-state index contributed by atoms with van der Waals surface area (Å²) in [5.74, 6) is -1.03. The lowest BCUT2D eigenvalue weighted by Crippen LogP contribution is -2.53. The van der Waals surface area contributed by atoms with Gasteiger partial charge in [-0.3, -0.25) is 9.59 Å². The standard InChI is InChI=1S/C23H22BrN3O5/c1-22(2,3)32-21(31)27-19(29)23(25-20(27)30,15-8-10-16(24)11-9-15)13-26-12-14-6-4-5-7-17(14)18(26)28/h4-11H,12-13H2,1-3H3,(H,25,30). The highest BCUT2D eigenvalue weighted by molar-refractivity contribution is 9.10. The van der Waals surface area contributed by atoms with Gasteiger partial charge in [-0.25, -0.2) is 9.59 Å². The first-order valence-corrected chi connectivity index (χ1v) is 10.8. The SMILES string of the molecule is CC(C)(C)OC(=O)N1C(=O)NC(CN2Cc3ccccc3C2=O)(c2ccc(Br)cc2)C1=O. The minimum Gasteiger partial charge on any atom is -0.443 e. The van der Waals surface area contributed by atoms with Crippen LogP contribution in [0.2, 0.25) is 0 Å². The molecular weight excluding hydrogens is 478 g/mol. The number of urea groups is 1. The van der Waals surface area contributed by atoms with E-state index in [9.17, 15) is 19.2 Å². The number of imide groups is 3. The van der Waals surface area contributed by atoms with Gasteiger partial charge in [-0.2, -0.15) is 4.90 Å². The lowest BCUT2D eigenvalue weighted by Gasteiger charge is -2.31. The molecule has 0 saturated carbocycles. The largest absolute Gasteiger partial charge is 0.443 e. The van der Waals surface area contributed by atoms with E-state index in [-0.39, 0.29) is 12.5 Å². The fourth-order valence-electron chi connectivity index (χ4n) is 3.91. The Labute approximate surface area is 193 Å². The minimum absolute atomic E-state index is 0.133. The number of benzene rings is 2. The molecule has 1 atom stereocenters. The molecule has 2 aromatic carbocycles. The summed E-state index contributed by atoms with van der Waals surface area (Å²) in [6.07, 6.45) is -1.06. The van der Waals surface area contributed by atoms with Crippen LogP contribution in [0.3, 0.4) is 0 Å². The highest BCUT2D eigenvalue weighted by atomic mass is 79.9. The van der Waals surface area contributed by atoms with Gasteiger partial charge >= 0.3 is 12.1 Å². The summed E-state index contributed by atoms with van der Waals surface area (Å²) >= 11 is 3.36. The predicted molar refractivity (Wildman–Crippen MR) is 119 cm³/mol. The minimum atomic E-state index is -1.63. The van der Waals surface area contributed by atoms with Gasteiger partial charge in [0.2, 0.25) is 0 Å². The summed E-state index contributed by atoms with van der Waals surface area (Å²) in [6, 6.07) is 13.1. The summed E-state index contributed by atoms with van der Waals surface area (Å²) in [6.45, 7) is 5.09. The average Bonchev–Trinajstić information content (AvgIpc) is 3.15. The summed E-state index contributed by atoms with van der Waals surface area (Å²) in [4.78, 5) is 54.1. The van der Waals surface area contributed by atoms with Crippen molar-refractivity contribution in [3.8, 4) is 0 Å². The first kappa shape index (κ1) is 22.0. The van der Waals surface area contributed by atoms with Crippen molar-refractivity contribution in [2.45, 2.75) is 38.5 Å². The Kier molecular flexibility index (Phi) is 5.32. The molecule has 2 aliphatic heterocycles. The van der Waals surface area contributed by atoms with E-state index in [2.05, 4.69) is 21.2 Å². The van der Waals surface area contributed by atoms with Gasteiger partial charge in [0, 0.05) is 16.6 Å². The topological polar surface area (TPSA) is 96.0 Å². The molecule has 0 aromatic heterocycles. The van der Waals surface area contributed by atoms with Gasteiger partial charge in [0.15, 0.2) is 5.54 Å². The van der Waals surface area contributed by atoms with Crippen LogP contribution >= 0.6 is 15.9 Å². The quantitative estimate of drug-likeness (QED) is 0.648. The van der Waals surface area contributed by atoms with Crippen LogP contribution in [0.1, 0.15) is 42.3 Å². The molecule has 9 heteroatoms. The zero-order chi connectivity index (χ0) is 23.3. The number of nitrogens with one attached hydrogen (secondary N) is 1. The number of ether oxygens (including phenoxy) is 1. The van der Waals surface area contributed by atoms with Gasteiger partial charge < -0.3 is 15.0 Å². The van der Waals surface area contributed by atoms with Crippen molar-refractivity contribution in [1.29, 1.82) is 0 Å². The second-order valence-electron chi connectivity index (χ2n) is 8.78. The maximum absolute atomic E-state index is 13.6. The number of halogens is 1. The molecule has 166 valence electrons. The number of carbonyl (C=O) groups excluding carboxylic acids is 4. The number of nitrogens with zero attached hydrogens (tertiary/aromatic N) is 2. The monoisotopic (exact) mass is 499 g/mol. The second-order valence-corrected chi connectivity index (χ2v) is 9.70. The van der Waals surface area contributed by atoms with Crippen molar-refractivity contribution < 1.29 is 23.9 Å². The van der Waals surface area contributed by atoms with Gasteiger partial charge in [-0.05, 0) is 50.1 Å². The zero-order valence-corrected chi connectivity index (χ0v) is 19.4. The highest BCUT2D eigenvalue weighted by Gasteiger charge is 2.57. The van der Waals surface area contributed by atoms with Gasteiger partial charge in [0.1, 0.15) is 5.60 Å². The smallest absolute Gasteiger partial charge is 0.425 e. The second kappa shape index (κ2) is 7.74. The maximum atomic E-state index is 13.6. The Hall–Kier alpha value is -3.20. The van der Waals surface area contributed by atoms with Crippen LogP contribution in [0, 0.1) is 0 Å². The molecule has 5 amide bonds. The van der Waals surface area contributed by atoms with Crippen LogP contribution in [-0.4, -0.2) is 45.9 Å². The van der Waals surface area contributed by atoms with E-state index in [1.54, 1.807) is 57.2 Å². The normalized spacial score (nSPS) is 20.4. The summed E-state index contributed by atoms with van der Waals surface area (Å²) in [5.41, 5.74) is -0.684. The first-order valence-electron chi connectivity index (χ1n) is 10.0. The predicted octanol–water partition coefficient (Wildman–Crippen LogP) is 3.79. The van der Waals surface area contributed by atoms with Crippen LogP contribution in [0.4, 0.5) is 9.59 Å². The number of rotatable bonds is 3. The fourth-order valence-corrected chi connectivity index (χ4v) is 4.17. The number of hydrogen-bond donors (Lipinski definition) is 1. The molecule has 0 bridgehead atoms. The van der Waals surface area contributed by atoms with Crippen LogP contribution in [0.5, 0.6) is 0 Å². The van der Waals surface area contributed by atoms with Crippen LogP contribution in [0.15, 0.2) is 53.0 Å². The van der Waals surface area contributed by atoms with Crippen LogP contribution < -0.4 is 5.32 Å². The Morgan fingerprint density at radius 3 is 2.38 bits per heavy atom. The Bertz CT molecular complexity index is 1130. The molecule has 8 nitrogen and oxygen atoms in total. The Balaban J connectivity index is 1.73. The zero-order valence-electron chi connectivity index (χ0n) is 17.8. The van der Waals surface area contributed by atoms with E-state index in [0.717, 1.165) is 10.0 Å². The van der Waals surface area contributed by atoms with Crippen molar-refractivity contribution in [2.75, 3.05) is 6.54 Å². The van der Waals surface area contributed by atoms with Crippen molar-refractivity contribution in [1.82, 2.24) is 15.1 Å². The van der Waals surface area contributed by atoms with E-state index in [4.69, 9.17) is 4.74 Å². The number of carbonyl (C=O) groups is 4. The summed E-state index contributed by atoms with van der Waals surface area (Å²) in [7, 11) is 0. The van der Waals surface area contributed by atoms with Gasteiger partial charge in [0.05, 0.1) is 6.54 Å². The van der Waals surface area contributed by atoms with Crippen LogP contribution in [0.25, 0.3) is 0 Å². The summed E-state index contributed by atoms with van der Waals surface area (Å²) < 4.78 is 6.05. The molecule has 2 heterocycles. The molecule has 1 saturated heterocycles. The molecule has 0 aliphatic carbocycles. The van der Waals surface area contributed by atoms with E-state index in [1.165, 1.54) is 4.90 Å². The molecule has 0 radical (unpaired) electrons. The summed E-state index contributed by atoms with van der Waals surface area (Å²) in [5, 5.41) is 2.67. The van der Waals surface area contributed by atoms with Crippen molar-refractivity contribution in [3.63, 3.8) is 0 Å². The van der Waals surface area contributed by atoms with Crippen molar-refractivity contribution >= 4 is 39.9 Å². The van der Waals surface area contributed by atoms with Gasteiger partial charge in [-0.15, -0.1) is 0 Å². The third kappa shape index (κ3) is 3.77. The van der Waals surface area contributed by atoms with E-state index >= 15 is 0 Å². The first-order chi connectivity index (χ1) is 15.0. The van der Waals surface area contributed by atoms with E-state index in [1.807, 2.05) is 12.1 Å². The molecule has 0 spiro atoms. The number of fused-ring (bicyclic) bond motifs is 1. The van der Waals surface area contributed by atoms with Crippen LogP contribution in [-0.2, 0) is 21.6 Å².